The van der Waals surface area contributed by atoms with Gasteiger partial charge in [0.1, 0.15) is 0 Å². The zero-order valence-corrected chi connectivity index (χ0v) is 8.42. The van der Waals surface area contributed by atoms with Gasteiger partial charge in [0.05, 0.1) is 6.61 Å². The Balaban J connectivity index is 2.51. The van der Waals surface area contributed by atoms with Crippen LogP contribution in [0.2, 0.25) is 0 Å². The zero-order chi connectivity index (χ0) is 10.2. The number of rotatable bonds is 5. The second kappa shape index (κ2) is 6.06. The van der Waals surface area contributed by atoms with Gasteiger partial charge in [0.15, 0.2) is 0 Å². The summed E-state index contributed by atoms with van der Waals surface area (Å²) < 4.78 is 5.05. The largest absolute Gasteiger partial charge is 0.384 e. The van der Waals surface area contributed by atoms with Crippen LogP contribution in [0.4, 0.5) is 5.69 Å². The third-order valence-electron chi connectivity index (χ3n) is 1.84. The summed E-state index contributed by atoms with van der Waals surface area (Å²) in [4.78, 5) is 0. The van der Waals surface area contributed by atoms with E-state index in [0.717, 1.165) is 18.7 Å². The Bertz CT molecular complexity index is 314. The van der Waals surface area contributed by atoms with E-state index >= 15 is 0 Å². The third-order valence-corrected chi connectivity index (χ3v) is 1.84. The van der Waals surface area contributed by atoms with Crippen LogP contribution in [0.5, 0.6) is 0 Å². The first kappa shape index (κ1) is 10.6. The number of hydrogen-bond donors (Lipinski definition) is 1. The molecule has 0 unspecified atom stereocenters. The number of ether oxygens (including phenoxy) is 1. The Labute approximate surface area is 85.3 Å². The first-order chi connectivity index (χ1) is 6.86. The van der Waals surface area contributed by atoms with Crippen molar-refractivity contribution in [1.29, 1.82) is 0 Å². The number of nitrogens with one attached hydrogen (secondary N) is 1. The number of benzene rings is 1. The van der Waals surface area contributed by atoms with Crippen LogP contribution in [0.15, 0.2) is 24.3 Å². The predicted molar refractivity (Wildman–Crippen MR) is 59.1 cm³/mol. The van der Waals surface area contributed by atoms with Gasteiger partial charge >= 0.3 is 0 Å². The van der Waals surface area contributed by atoms with Crippen molar-refractivity contribution in [3.05, 3.63) is 29.8 Å². The fourth-order valence-corrected chi connectivity index (χ4v) is 1.22. The summed E-state index contributed by atoms with van der Waals surface area (Å²) in [5.41, 5.74) is 2.26. The summed E-state index contributed by atoms with van der Waals surface area (Å²) >= 11 is 0. The smallest absolute Gasteiger partial charge is 0.0713 e. The first-order valence-corrected chi connectivity index (χ1v) is 4.62. The van der Waals surface area contributed by atoms with Crippen molar-refractivity contribution in [2.75, 3.05) is 19.0 Å². The van der Waals surface area contributed by atoms with Crippen molar-refractivity contribution in [1.82, 2.24) is 0 Å². The van der Waals surface area contributed by atoms with E-state index in [1.54, 1.807) is 7.11 Å². The molecule has 2 nitrogen and oxygen atoms in total. The third kappa shape index (κ3) is 3.51. The Morgan fingerprint density at radius 1 is 1.50 bits per heavy atom. The maximum Gasteiger partial charge on any atom is 0.0713 e. The molecule has 1 N–H and O–H groups in total. The fraction of sp³-hybridized carbons (Fsp3) is 0.333. The molecule has 0 saturated heterocycles. The second-order valence-electron chi connectivity index (χ2n) is 3.01. The molecule has 0 aromatic heterocycles. The number of methoxy groups -OCH3 is 1. The van der Waals surface area contributed by atoms with Gasteiger partial charge in [-0.3, -0.25) is 0 Å². The van der Waals surface area contributed by atoms with E-state index in [2.05, 4.69) is 17.3 Å². The molecular weight excluding hydrogens is 174 g/mol. The van der Waals surface area contributed by atoms with E-state index in [1.165, 1.54) is 5.56 Å². The normalized spacial score (nSPS) is 9.43. The highest BCUT2D eigenvalue weighted by Gasteiger charge is 1.94. The molecule has 0 aliphatic rings. The van der Waals surface area contributed by atoms with Gasteiger partial charge in [-0.05, 0) is 17.7 Å². The highest BCUT2D eigenvalue weighted by atomic mass is 16.5. The molecule has 1 rings (SSSR count). The van der Waals surface area contributed by atoms with Crippen molar-refractivity contribution in [2.45, 2.75) is 13.0 Å². The molecule has 0 aliphatic carbocycles. The molecule has 0 amide bonds. The molecule has 0 spiro atoms. The van der Waals surface area contributed by atoms with Gasteiger partial charge in [0, 0.05) is 25.8 Å². The molecule has 0 saturated carbocycles. The molecule has 14 heavy (non-hydrogen) atoms. The van der Waals surface area contributed by atoms with Gasteiger partial charge < -0.3 is 10.1 Å². The van der Waals surface area contributed by atoms with Crippen LogP contribution in [-0.4, -0.2) is 13.7 Å². The van der Waals surface area contributed by atoms with Crippen molar-refractivity contribution in [3.63, 3.8) is 0 Å². The van der Waals surface area contributed by atoms with Crippen molar-refractivity contribution in [3.8, 4) is 12.3 Å². The molecule has 74 valence electrons. The molecule has 0 heterocycles. The minimum Gasteiger partial charge on any atom is -0.384 e. The lowest BCUT2D eigenvalue weighted by Gasteiger charge is -2.06. The fourth-order valence-electron chi connectivity index (χ4n) is 1.22. The predicted octanol–water partition coefficient (Wildman–Crippen LogP) is 2.27. The SMILES string of the molecule is C#CCCNc1cccc(COC)c1. The van der Waals surface area contributed by atoms with Gasteiger partial charge in [-0.2, -0.15) is 0 Å². The topological polar surface area (TPSA) is 21.3 Å². The summed E-state index contributed by atoms with van der Waals surface area (Å²) in [6.45, 7) is 1.46. The van der Waals surface area contributed by atoms with E-state index < -0.39 is 0 Å². The molecule has 1 aromatic rings. The summed E-state index contributed by atoms with van der Waals surface area (Å²) in [6, 6.07) is 8.14. The Morgan fingerprint density at radius 3 is 3.07 bits per heavy atom. The Morgan fingerprint density at radius 2 is 2.36 bits per heavy atom. The second-order valence-corrected chi connectivity index (χ2v) is 3.01. The van der Waals surface area contributed by atoms with Gasteiger partial charge in [0.25, 0.3) is 0 Å². The molecule has 2 heteroatoms. The van der Waals surface area contributed by atoms with Crippen LogP contribution in [0, 0.1) is 12.3 Å². The summed E-state index contributed by atoms with van der Waals surface area (Å²) in [7, 11) is 1.69. The molecular formula is C12H15NO. The van der Waals surface area contributed by atoms with Crippen LogP contribution >= 0.6 is 0 Å². The standard InChI is InChI=1S/C12H15NO/c1-3-4-8-13-12-7-5-6-11(9-12)10-14-2/h1,5-7,9,13H,4,8,10H2,2H3. The van der Waals surface area contributed by atoms with E-state index in [0.29, 0.717) is 6.61 Å². The maximum atomic E-state index is 5.16. The van der Waals surface area contributed by atoms with Gasteiger partial charge in [-0.15, -0.1) is 12.3 Å². The minimum atomic E-state index is 0.644. The summed E-state index contributed by atoms with van der Waals surface area (Å²) in [6.07, 6.45) is 5.90. The Kier molecular flexibility index (Phi) is 4.60. The van der Waals surface area contributed by atoms with E-state index in [1.807, 2.05) is 18.2 Å². The molecule has 0 radical (unpaired) electrons. The molecule has 0 atom stereocenters. The van der Waals surface area contributed by atoms with E-state index in [4.69, 9.17) is 11.2 Å². The molecule has 0 aliphatic heterocycles. The average Bonchev–Trinajstić information content (AvgIpc) is 2.19. The zero-order valence-electron chi connectivity index (χ0n) is 8.42. The highest BCUT2D eigenvalue weighted by Crippen LogP contribution is 2.10. The number of hydrogen-bond acceptors (Lipinski definition) is 2. The van der Waals surface area contributed by atoms with E-state index in [9.17, 15) is 0 Å². The minimum absolute atomic E-state index is 0.644. The van der Waals surface area contributed by atoms with Crippen LogP contribution in [-0.2, 0) is 11.3 Å². The highest BCUT2D eigenvalue weighted by molar-refractivity contribution is 5.45. The van der Waals surface area contributed by atoms with Crippen molar-refractivity contribution < 1.29 is 4.74 Å². The van der Waals surface area contributed by atoms with Crippen LogP contribution in [0.1, 0.15) is 12.0 Å². The molecule has 0 bridgehead atoms. The van der Waals surface area contributed by atoms with Crippen LogP contribution in [0.25, 0.3) is 0 Å². The Hall–Kier alpha value is -1.46. The lowest BCUT2D eigenvalue weighted by molar-refractivity contribution is 0.185. The van der Waals surface area contributed by atoms with E-state index in [-0.39, 0.29) is 0 Å². The van der Waals surface area contributed by atoms with Crippen LogP contribution < -0.4 is 5.32 Å². The maximum absolute atomic E-state index is 5.16. The lowest BCUT2D eigenvalue weighted by Crippen LogP contribution is -2.00. The van der Waals surface area contributed by atoms with Crippen molar-refractivity contribution >= 4 is 5.69 Å². The number of anilines is 1. The van der Waals surface area contributed by atoms with Gasteiger partial charge in [0.2, 0.25) is 0 Å². The number of terminal acetylenes is 1. The summed E-state index contributed by atoms with van der Waals surface area (Å²) in [5.74, 6) is 2.59. The van der Waals surface area contributed by atoms with Gasteiger partial charge in [-0.1, -0.05) is 12.1 Å². The van der Waals surface area contributed by atoms with Gasteiger partial charge in [-0.25, -0.2) is 0 Å². The molecule has 1 aromatic carbocycles. The van der Waals surface area contributed by atoms with Crippen molar-refractivity contribution in [2.24, 2.45) is 0 Å². The van der Waals surface area contributed by atoms with Crippen LogP contribution in [0.3, 0.4) is 0 Å². The first-order valence-electron chi connectivity index (χ1n) is 4.62. The monoisotopic (exact) mass is 189 g/mol. The quantitative estimate of drug-likeness (QED) is 0.566. The molecule has 0 fully saturated rings. The summed E-state index contributed by atoms with van der Waals surface area (Å²) in [5, 5.41) is 3.25. The average molecular weight is 189 g/mol. The lowest BCUT2D eigenvalue weighted by atomic mass is 10.2.